The number of nitrogen functional groups attached to an aromatic ring is 1. The number of benzene rings is 1. The second-order valence-corrected chi connectivity index (χ2v) is 6.35. The molecule has 0 spiro atoms. The molecule has 1 atom stereocenters. The molecule has 0 saturated heterocycles. The van der Waals surface area contributed by atoms with Crippen LogP contribution in [-0.4, -0.2) is 24.5 Å². The van der Waals surface area contributed by atoms with Crippen molar-refractivity contribution in [2.45, 2.75) is 6.04 Å². The summed E-state index contributed by atoms with van der Waals surface area (Å²) in [6, 6.07) is 11.1. The Hall–Kier alpha value is -4.83. The van der Waals surface area contributed by atoms with Crippen LogP contribution in [0.1, 0.15) is 23.0 Å². The summed E-state index contributed by atoms with van der Waals surface area (Å²) < 4.78 is 16.0. The van der Waals surface area contributed by atoms with Crippen LogP contribution in [0.25, 0.3) is 16.9 Å². The molecule has 0 radical (unpaired) electrons. The molecule has 150 valence electrons. The van der Waals surface area contributed by atoms with E-state index in [2.05, 4.69) is 31.8 Å². The van der Waals surface area contributed by atoms with E-state index in [0.29, 0.717) is 17.2 Å². The van der Waals surface area contributed by atoms with Gasteiger partial charge >= 0.3 is 0 Å². The fraction of sp³-hybridized carbons (Fsp3) is 0.0476. The van der Waals surface area contributed by atoms with E-state index < -0.39 is 11.9 Å². The third-order valence-corrected chi connectivity index (χ3v) is 4.58. The van der Waals surface area contributed by atoms with Gasteiger partial charge in [0.25, 0.3) is 0 Å². The number of nitrogens with zero attached hydrogens (tertiary/aromatic N) is 7. The maximum atomic E-state index is 14.4. The van der Waals surface area contributed by atoms with Crippen LogP contribution in [-0.2, 0) is 0 Å². The van der Waals surface area contributed by atoms with Crippen LogP contribution < -0.4 is 11.1 Å². The lowest BCUT2D eigenvalue weighted by Gasteiger charge is -2.18. The third-order valence-electron chi connectivity index (χ3n) is 4.58. The zero-order valence-corrected chi connectivity index (χ0v) is 16.0. The Morgan fingerprint density at radius 3 is 2.61 bits per heavy atom. The summed E-state index contributed by atoms with van der Waals surface area (Å²) in [4.78, 5) is 16.8. The molecule has 3 heterocycles. The van der Waals surface area contributed by atoms with Crippen molar-refractivity contribution >= 4 is 22.7 Å². The molecule has 0 aliphatic rings. The minimum atomic E-state index is -0.689. The molecule has 0 unspecified atom stereocenters. The summed E-state index contributed by atoms with van der Waals surface area (Å²) >= 11 is 0. The SMILES string of the molecule is C=C[C@H](Nc1ncnc(N)c1C#N)c1nc2ccc(F)c(C#N)c2n1-c1ccccn1. The normalized spacial score (nSPS) is 11.5. The van der Waals surface area contributed by atoms with E-state index in [9.17, 15) is 14.9 Å². The molecule has 3 N–H and O–H groups in total. The van der Waals surface area contributed by atoms with Crippen LogP contribution in [0.3, 0.4) is 0 Å². The molecule has 31 heavy (non-hydrogen) atoms. The fourth-order valence-electron chi connectivity index (χ4n) is 3.19. The molecule has 0 aliphatic carbocycles. The molecule has 4 rings (SSSR count). The predicted octanol–water partition coefficient (Wildman–Crippen LogP) is 3.01. The zero-order chi connectivity index (χ0) is 22.0. The summed E-state index contributed by atoms with van der Waals surface area (Å²) in [5, 5.41) is 22.1. The summed E-state index contributed by atoms with van der Waals surface area (Å²) in [6.45, 7) is 3.84. The van der Waals surface area contributed by atoms with Crippen molar-refractivity contribution in [3.05, 3.63) is 78.3 Å². The van der Waals surface area contributed by atoms with Crippen LogP contribution in [0, 0.1) is 28.5 Å². The first-order chi connectivity index (χ1) is 15.1. The molecule has 0 bridgehead atoms. The van der Waals surface area contributed by atoms with Gasteiger partial charge in [0, 0.05) is 6.20 Å². The van der Waals surface area contributed by atoms with Crippen molar-refractivity contribution in [1.82, 2.24) is 24.5 Å². The molecule has 3 aromatic heterocycles. The van der Waals surface area contributed by atoms with Crippen molar-refractivity contribution in [3.63, 3.8) is 0 Å². The summed E-state index contributed by atoms with van der Waals surface area (Å²) in [6.07, 6.45) is 4.34. The minimum Gasteiger partial charge on any atom is -0.382 e. The number of hydrogen-bond donors (Lipinski definition) is 2. The van der Waals surface area contributed by atoms with Gasteiger partial charge in [0.05, 0.1) is 11.0 Å². The van der Waals surface area contributed by atoms with Crippen molar-refractivity contribution in [2.24, 2.45) is 0 Å². The number of fused-ring (bicyclic) bond motifs is 1. The summed E-state index contributed by atoms with van der Waals surface area (Å²) in [5.74, 6) is 0.337. The van der Waals surface area contributed by atoms with Crippen LogP contribution in [0.4, 0.5) is 16.0 Å². The van der Waals surface area contributed by atoms with E-state index in [1.807, 2.05) is 12.1 Å². The maximum absolute atomic E-state index is 14.4. The van der Waals surface area contributed by atoms with Gasteiger partial charge < -0.3 is 11.1 Å². The molecule has 0 fully saturated rings. The Labute approximate surface area is 176 Å². The number of hydrogen-bond acceptors (Lipinski definition) is 8. The lowest BCUT2D eigenvalue weighted by atomic mass is 10.2. The van der Waals surface area contributed by atoms with E-state index in [1.54, 1.807) is 35.0 Å². The lowest BCUT2D eigenvalue weighted by Crippen LogP contribution is -2.17. The number of imidazole rings is 1. The highest BCUT2D eigenvalue weighted by Crippen LogP contribution is 2.31. The largest absolute Gasteiger partial charge is 0.382 e. The van der Waals surface area contributed by atoms with Crippen LogP contribution in [0.2, 0.25) is 0 Å². The number of pyridine rings is 1. The number of halogens is 1. The first-order valence-corrected chi connectivity index (χ1v) is 9.01. The van der Waals surface area contributed by atoms with Crippen molar-refractivity contribution in [2.75, 3.05) is 11.1 Å². The number of aromatic nitrogens is 5. The average molecular weight is 411 g/mol. The number of nitriles is 2. The average Bonchev–Trinajstić information content (AvgIpc) is 3.17. The number of nitrogens with one attached hydrogen (secondary N) is 1. The van der Waals surface area contributed by atoms with Crippen LogP contribution in [0.15, 0.2) is 55.5 Å². The van der Waals surface area contributed by atoms with Gasteiger partial charge in [-0.2, -0.15) is 10.5 Å². The van der Waals surface area contributed by atoms with Gasteiger partial charge in [-0.05, 0) is 24.3 Å². The molecule has 0 saturated carbocycles. The van der Waals surface area contributed by atoms with Gasteiger partial charge in [0.1, 0.15) is 64.7 Å². The molecule has 9 nitrogen and oxygen atoms in total. The van der Waals surface area contributed by atoms with E-state index >= 15 is 0 Å². The highest BCUT2D eigenvalue weighted by molar-refractivity contribution is 5.84. The first kappa shape index (κ1) is 19.5. The highest BCUT2D eigenvalue weighted by Gasteiger charge is 2.24. The van der Waals surface area contributed by atoms with E-state index in [4.69, 9.17) is 5.73 Å². The van der Waals surface area contributed by atoms with Gasteiger partial charge in [-0.3, -0.25) is 4.57 Å². The molecule has 10 heteroatoms. The first-order valence-electron chi connectivity index (χ1n) is 9.01. The Morgan fingerprint density at radius 2 is 1.94 bits per heavy atom. The lowest BCUT2D eigenvalue weighted by molar-refractivity contribution is 0.625. The van der Waals surface area contributed by atoms with Crippen molar-refractivity contribution in [3.8, 4) is 18.0 Å². The summed E-state index contributed by atoms with van der Waals surface area (Å²) in [5.41, 5.74) is 6.36. The van der Waals surface area contributed by atoms with Crippen LogP contribution in [0.5, 0.6) is 0 Å². The standard InChI is InChI=1S/C21H14FN9/c1-2-15(29-20-13(10-24)19(25)27-11-28-20)21-30-16-7-6-14(22)12(9-23)18(16)31(21)17-5-3-4-8-26-17/h2-8,11,15H,1H2,(H3,25,27,28,29)/t15-/m0/s1. The quantitative estimate of drug-likeness (QED) is 0.477. The smallest absolute Gasteiger partial charge is 0.150 e. The molecule has 0 amide bonds. The van der Waals surface area contributed by atoms with Crippen molar-refractivity contribution in [1.29, 1.82) is 10.5 Å². The monoisotopic (exact) mass is 411 g/mol. The molecular formula is C21H14FN9. The summed E-state index contributed by atoms with van der Waals surface area (Å²) in [7, 11) is 0. The van der Waals surface area contributed by atoms with Crippen molar-refractivity contribution < 1.29 is 4.39 Å². The topological polar surface area (TPSA) is 142 Å². The molecule has 4 aromatic rings. The van der Waals surface area contributed by atoms with E-state index in [1.165, 1.54) is 18.5 Å². The molecule has 1 aromatic carbocycles. The van der Waals surface area contributed by atoms with Gasteiger partial charge in [-0.25, -0.2) is 24.3 Å². The van der Waals surface area contributed by atoms with Crippen LogP contribution >= 0.6 is 0 Å². The van der Waals surface area contributed by atoms with Gasteiger partial charge in [0.15, 0.2) is 0 Å². The Kier molecular flexibility index (Phi) is 4.96. The van der Waals surface area contributed by atoms with Gasteiger partial charge in [-0.1, -0.05) is 12.1 Å². The number of anilines is 2. The molecular weight excluding hydrogens is 397 g/mol. The Bertz CT molecular complexity index is 1380. The Balaban J connectivity index is 1.97. The van der Waals surface area contributed by atoms with Gasteiger partial charge in [0.2, 0.25) is 0 Å². The molecule has 0 aliphatic heterocycles. The maximum Gasteiger partial charge on any atom is 0.150 e. The predicted molar refractivity (Wildman–Crippen MR) is 111 cm³/mol. The highest BCUT2D eigenvalue weighted by atomic mass is 19.1. The fourth-order valence-corrected chi connectivity index (χ4v) is 3.19. The number of rotatable bonds is 5. The second kappa shape index (κ2) is 7.89. The number of nitrogens with two attached hydrogens (primary N) is 1. The van der Waals surface area contributed by atoms with E-state index in [0.717, 1.165) is 0 Å². The third kappa shape index (κ3) is 3.28. The van der Waals surface area contributed by atoms with E-state index in [-0.39, 0.29) is 28.3 Å². The second-order valence-electron chi connectivity index (χ2n) is 6.35. The zero-order valence-electron chi connectivity index (χ0n) is 16.0. The van der Waals surface area contributed by atoms with Gasteiger partial charge in [-0.15, -0.1) is 6.58 Å². The Morgan fingerprint density at radius 1 is 1.13 bits per heavy atom. The minimum absolute atomic E-state index is 0.0230.